The number of fused-ring (bicyclic) bond motifs is 3. The summed E-state index contributed by atoms with van der Waals surface area (Å²) in [5.74, 6) is 0.102. The Bertz CT molecular complexity index is 1170. The molecular weight excluding hydrogens is 425 g/mol. The molecule has 11 heteroatoms. The van der Waals surface area contributed by atoms with Gasteiger partial charge in [0.05, 0.1) is 19.3 Å². The average Bonchev–Trinajstić information content (AvgIpc) is 3.47. The summed E-state index contributed by atoms with van der Waals surface area (Å²) < 4.78 is 44.0. The van der Waals surface area contributed by atoms with Gasteiger partial charge in [-0.3, -0.25) is 0 Å². The number of methoxy groups -OCH3 is 1. The predicted octanol–water partition coefficient (Wildman–Crippen LogP) is 2.34. The molecule has 0 bridgehead atoms. The molecule has 2 aliphatic carbocycles. The summed E-state index contributed by atoms with van der Waals surface area (Å²) in [6, 6.07) is -0.825. The molecule has 2 aromatic rings. The zero-order valence-electron chi connectivity index (χ0n) is 17.1. The SMILES string of the molecule is COC[C@H]1Cn2ncc([S@@](N)(=O)=NC(=O)Nc3c4c(c(F)c5c3CCC5)CCC4)c2O1. The zero-order valence-corrected chi connectivity index (χ0v) is 18.0. The van der Waals surface area contributed by atoms with Gasteiger partial charge in [-0.1, -0.05) is 0 Å². The number of nitrogens with zero attached hydrogens (tertiary/aromatic N) is 3. The maximum atomic E-state index is 14.8. The van der Waals surface area contributed by atoms with Crippen molar-refractivity contribution >= 4 is 21.6 Å². The fourth-order valence-electron chi connectivity index (χ4n) is 4.81. The molecule has 1 aromatic carbocycles. The number of halogens is 1. The summed E-state index contributed by atoms with van der Waals surface area (Å²) in [5.41, 5.74) is 3.61. The van der Waals surface area contributed by atoms with Crippen molar-refractivity contribution in [3.05, 3.63) is 34.3 Å². The quantitative estimate of drug-likeness (QED) is 0.742. The number of hydrogen-bond donors (Lipinski definition) is 2. The summed E-state index contributed by atoms with van der Waals surface area (Å²) in [6.07, 6.45) is 5.41. The Morgan fingerprint density at radius 1 is 1.32 bits per heavy atom. The average molecular weight is 450 g/mol. The van der Waals surface area contributed by atoms with E-state index in [1.54, 1.807) is 7.11 Å². The van der Waals surface area contributed by atoms with Crippen molar-refractivity contribution in [1.29, 1.82) is 0 Å². The Balaban J connectivity index is 1.45. The number of nitrogens with one attached hydrogen (secondary N) is 1. The van der Waals surface area contributed by atoms with Crippen LogP contribution in [-0.4, -0.2) is 39.8 Å². The molecule has 1 aliphatic heterocycles. The van der Waals surface area contributed by atoms with E-state index in [9.17, 15) is 13.4 Å². The summed E-state index contributed by atoms with van der Waals surface area (Å²) in [4.78, 5) is 12.8. The fourth-order valence-corrected chi connectivity index (χ4v) is 5.80. The van der Waals surface area contributed by atoms with Gasteiger partial charge in [0.2, 0.25) is 5.88 Å². The molecule has 0 spiro atoms. The number of carbonyl (C=O) groups is 1. The number of nitrogens with two attached hydrogens (primary N) is 1. The number of hydrogen-bond acceptors (Lipinski definition) is 5. The monoisotopic (exact) mass is 449 g/mol. The van der Waals surface area contributed by atoms with Crippen molar-refractivity contribution in [3.8, 4) is 5.88 Å². The highest BCUT2D eigenvalue weighted by Crippen LogP contribution is 2.41. The van der Waals surface area contributed by atoms with E-state index in [1.807, 2.05) is 0 Å². The highest BCUT2D eigenvalue weighted by atomic mass is 32.2. The molecule has 3 aliphatic rings. The van der Waals surface area contributed by atoms with Gasteiger partial charge >= 0.3 is 6.03 Å². The van der Waals surface area contributed by atoms with Crippen LogP contribution in [0.15, 0.2) is 15.5 Å². The first-order valence-corrected chi connectivity index (χ1v) is 11.9. The minimum Gasteiger partial charge on any atom is -0.469 e. The molecule has 9 nitrogen and oxygen atoms in total. The second-order valence-corrected chi connectivity index (χ2v) is 9.85. The highest BCUT2D eigenvalue weighted by molar-refractivity contribution is 7.91. The largest absolute Gasteiger partial charge is 0.469 e. The number of benzene rings is 1. The molecular formula is C20H24FN5O4S. The molecule has 3 N–H and O–H groups in total. The topological polar surface area (TPSA) is 121 Å². The van der Waals surface area contributed by atoms with E-state index in [0.717, 1.165) is 24.0 Å². The number of carbonyl (C=O) groups excluding carboxylic acids is 1. The summed E-state index contributed by atoms with van der Waals surface area (Å²) in [5, 5.41) is 12.9. The third-order valence-corrected chi connectivity index (χ3v) is 7.45. The van der Waals surface area contributed by atoms with E-state index in [1.165, 1.54) is 10.9 Å². The van der Waals surface area contributed by atoms with Crippen LogP contribution in [0.3, 0.4) is 0 Å². The zero-order chi connectivity index (χ0) is 21.8. The van der Waals surface area contributed by atoms with E-state index in [-0.39, 0.29) is 22.7 Å². The third-order valence-electron chi connectivity index (χ3n) is 6.10. The second-order valence-electron chi connectivity index (χ2n) is 8.09. The van der Waals surface area contributed by atoms with Gasteiger partial charge in [0, 0.05) is 12.8 Å². The molecule has 2 heterocycles. The first kappa shape index (κ1) is 20.4. The summed E-state index contributed by atoms with van der Waals surface area (Å²) in [7, 11) is -2.04. The van der Waals surface area contributed by atoms with Gasteiger partial charge in [-0.25, -0.2) is 23.2 Å². The predicted molar refractivity (Wildman–Crippen MR) is 111 cm³/mol. The smallest absolute Gasteiger partial charge is 0.354 e. The lowest BCUT2D eigenvalue weighted by Gasteiger charge is -2.16. The van der Waals surface area contributed by atoms with Crippen LogP contribution in [0.2, 0.25) is 0 Å². The number of urea groups is 1. The lowest BCUT2D eigenvalue weighted by atomic mass is 9.98. The van der Waals surface area contributed by atoms with E-state index >= 15 is 0 Å². The first-order valence-electron chi connectivity index (χ1n) is 10.3. The van der Waals surface area contributed by atoms with Crippen LogP contribution in [0.1, 0.15) is 35.1 Å². The van der Waals surface area contributed by atoms with Gasteiger partial charge in [0.25, 0.3) is 0 Å². The first-order chi connectivity index (χ1) is 14.9. The van der Waals surface area contributed by atoms with Crippen LogP contribution >= 0.6 is 0 Å². The van der Waals surface area contributed by atoms with Crippen LogP contribution in [0, 0.1) is 5.82 Å². The van der Waals surface area contributed by atoms with Crippen molar-refractivity contribution in [2.75, 3.05) is 19.0 Å². The Labute approximate surface area is 179 Å². The Kier molecular flexibility index (Phi) is 4.98. The summed E-state index contributed by atoms with van der Waals surface area (Å²) in [6.45, 7) is 0.770. The van der Waals surface area contributed by atoms with Crippen molar-refractivity contribution in [3.63, 3.8) is 0 Å². The molecule has 0 unspecified atom stereocenters. The van der Waals surface area contributed by atoms with Crippen LogP contribution in [0.25, 0.3) is 0 Å². The number of rotatable bonds is 4. The van der Waals surface area contributed by atoms with Crippen LogP contribution in [-0.2, 0) is 46.9 Å². The second kappa shape index (κ2) is 7.57. The molecule has 5 rings (SSSR count). The Morgan fingerprint density at radius 3 is 2.61 bits per heavy atom. The maximum absolute atomic E-state index is 14.8. The van der Waals surface area contributed by atoms with E-state index in [0.29, 0.717) is 55.6 Å². The molecule has 0 fully saturated rings. The van der Waals surface area contributed by atoms with Crippen molar-refractivity contribution in [2.24, 2.45) is 9.50 Å². The Hall–Kier alpha value is -2.50. The molecule has 1 aromatic heterocycles. The lowest BCUT2D eigenvalue weighted by molar-refractivity contribution is 0.0920. The molecule has 0 radical (unpaired) electrons. The van der Waals surface area contributed by atoms with Crippen LogP contribution in [0.5, 0.6) is 5.88 Å². The van der Waals surface area contributed by atoms with Gasteiger partial charge < -0.3 is 14.8 Å². The number of ether oxygens (including phenoxy) is 2. The van der Waals surface area contributed by atoms with Gasteiger partial charge in [-0.15, -0.1) is 4.36 Å². The number of aromatic nitrogens is 2. The van der Waals surface area contributed by atoms with Gasteiger partial charge in [0.1, 0.15) is 16.8 Å². The maximum Gasteiger partial charge on any atom is 0.354 e. The normalized spacial score (nSPS) is 20.5. The summed E-state index contributed by atoms with van der Waals surface area (Å²) >= 11 is 0. The molecule has 166 valence electrons. The minimum absolute atomic E-state index is 0.0656. The molecule has 0 saturated carbocycles. The van der Waals surface area contributed by atoms with Gasteiger partial charge in [0.15, 0.2) is 9.92 Å². The lowest BCUT2D eigenvalue weighted by Crippen LogP contribution is -2.22. The van der Waals surface area contributed by atoms with E-state index in [2.05, 4.69) is 14.8 Å². The number of amides is 2. The van der Waals surface area contributed by atoms with Crippen molar-refractivity contribution in [1.82, 2.24) is 9.78 Å². The third kappa shape index (κ3) is 3.40. The molecule has 2 atom stereocenters. The number of anilines is 1. The van der Waals surface area contributed by atoms with Crippen LogP contribution in [0.4, 0.5) is 14.9 Å². The molecule has 0 saturated heterocycles. The molecule has 31 heavy (non-hydrogen) atoms. The minimum atomic E-state index is -3.60. The fraction of sp³-hybridized carbons (Fsp3) is 0.500. The van der Waals surface area contributed by atoms with Crippen LogP contribution < -0.4 is 15.2 Å². The standard InChI is InChI=1S/C20H24FN5O4S/c1-29-10-11-9-26-19(30-11)16(8-23-26)31(22,28)25-20(27)24-18-14-6-2-4-12(14)17(21)13-5-3-7-15(13)18/h8,11H,2-7,9-10H2,1H3,(H3,22,24,25,27,28)/t11-,31+/m1/s1. The van der Waals surface area contributed by atoms with Gasteiger partial charge in [-0.2, -0.15) is 5.10 Å². The Morgan fingerprint density at radius 2 is 1.97 bits per heavy atom. The highest BCUT2D eigenvalue weighted by Gasteiger charge is 2.32. The van der Waals surface area contributed by atoms with Crippen molar-refractivity contribution in [2.45, 2.75) is 56.1 Å². The van der Waals surface area contributed by atoms with Crippen molar-refractivity contribution < 1.29 is 22.9 Å². The van der Waals surface area contributed by atoms with E-state index in [4.69, 9.17) is 14.6 Å². The molecule has 2 amide bonds. The van der Waals surface area contributed by atoms with Gasteiger partial charge in [-0.05, 0) is 60.8 Å². The van der Waals surface area contributed by atoms with E-state index < -0.39 is 15.9 Å².